The van der Waals surface area contributed by atoms with E-state index in [9.17, 15) is 4.79 Å². The lowest BCUT2D eigenvalue weighted by Gasteiger charge is -2.18. The van der Waals surface area contributed by atoms with E-state index in [4.69, 9.17) is 10.5 Å². The van der Waals surface area contributed by atoms with Gasteiger partial charge < -0.3 is 10.5 Å². The van der Waals surface area contributed by atoms with E-state index in [-0.39, 0.29) is 5.97 Å². The molecule has 0 atom stereocenters. The zero-order chi connectivity index (χ0) is 11.2. The molecule has 0 aromatic carbocycles. The first-order chi connectivity index (χ1) is 6.41. The maximum absolute atomic E-state index is 11.3. The van der Waals surface area contributed by atoms with Crippen molar-refractivity contribution in [3.63, 3.8) is 0 Å². The van der Waals surface area contributed by atoms with Crippen LogP contribution in [0.5, 0.6) is 0 Å². The van der Waals surface area contributed by atoms with Crippen molar-refractivity contribution in [1.29, 1.82) is 0 Å². The summed E-state index contributed by atoms with van der Waals surface area (Å²) in [6, 6.07) is 0. The van der Waals surface area contributed by atoms with Crippen molar-refractivity contribution in [3.8, 4) is 0 Å². The van der Waals surface area contributed by atoms with Gasteiger partial charge in [-0.25, -0.2) is 0 Å². The molecule has 0 saturated carbocycles. The Balaban J connectivity index is 3.69. The van der Waals surface area contributed by atoms with Gasteiger partial charge in [-0.05, 0) is 26.2 Å². The summed E-state index contributed by atoms with van der Waals surface area (Å²) in [5.74, 6) is 0.340. The minimum absolute atomic E-state index is 0.316. The van der Waals surface area contributed by atoms with Crippen LogP contribution in [0, 0.1) is 5.92 Å². The first-order valence-corrected chi connectivity index (χ1v) is 5.37. The van der Waals surface area contributed by atoms with Gasteiger partial charge in [0.15, 0.2) is 0 Å². The quantitative estimate of drug-likeness (QED) is 0.669. The molecule has 14 heavy (non-hydrogen) atoms. The van der Waals surface area contributed by atoms with Gasteiger partial charge in [0.2, 0.25) is 0 Å². The van der Waals surface area contributed by atoms with Crippen LogP contribution in [0.3, 0.4) is 0 Å². The van der Waals surface area contributed by atoms with E-state index in [1.165, 1.54) is 0 Å². The SMILES string of the molecule is CCC(CC)CCOC(=O)C(C)(C)N. The Kier molecular flexibility index (Phi) is 5.77. The third-order valence-electron chi connectivity index (χ3n) is 2.44. The molecule has 0 bridgehead atoms. The molecule has 3 nitrogen and oxygen atoms in total. The van der Waals surface area contributed by atoms with Gasteiger partial charge in [0.05, 0.1) is 6.61 Å². The van der Waals surface area contributed by atoms with Crippen LogP contribution < -0.4 is 5.73 Å². The molecule has 0 radical (unpaired) electrons. The Bertz CT molecular complexity index is 169. The minimum atomic E-state index is -0.867. The number of hydrogen-bond donors (Lipinski definition) is 1. The number of carbonyl (C=O) groups excluding carboxylic acids is 1. The van der Waals surface area contributed by atoms with Crippen LogP contribution in [0.1, 0.15) is 47.0 Å². The number of hydrogen-bond acceptors (Lipinski definition) is 3. The largest absolute Gasteiger partial charge is 0.464 e. The van der Waals surface area contributed by atoms with Gasteiger partial charge in [-0.3, -0.25) is 4.79 Å². The molecule has 2 N–H and O–H groups in total. The second kappa shape index (κ2) is 6.02. The van der Waals surface area contributed by atoms with Gasteiger partial charge >= 0.3 is 5.97 Å². The summed E-state index contributed by atoms with van der Waals surface area (Å²) in [6.45, 7) is 8.12. The predicted octanol–water partition coefficient (Wildman–Crippen LogP) is 2.09. The minimum Gasteiger partial charge on any atom is -0.464 e. The second-order valence-electron chi connectivity index (χ2n) is 4.33. The monoisotopic (exact) mass is 201 g/mol. The van der Waals surface area contributed by atoms with E-state index >= 15 is 0 Å². The van der Waals surface area contributed by atoms with E-state index in [0.29, 0.717) is 12.5 Å². The molecule has 0 rings (SSSR count). The van der Waals surface area contributed by atoms with Gasteiger partial charge in [0.25, 0.3) is 0 Å². The Morgan fingerprint density at radius 3 is 2.21 bits per heavy atom. The highest BCUT2D eigenvalue weighted by molar-refractivity contribution is 5.79. The number of ether oxygens (including phenoxy) is 1. The Hall–Kier alpha value is -0.570. The maximum Gasteiger partial charge on any atom is 0.325 e. The Morgan fingerprint density at radius 1 is 1.36 bits per heavy atom. The van der Waals surface area contributed by atoms with E-state index in [0.717, 1.165) is 19.3 Å². The molecule has 0 fully saturated rings. The lowest BCUT2D eigenvalue weighted by atomic mass is 10.0. The highest BCUT2D eigenvalue weighted by atomic mass is 16.5. The van der Waals surface area contributed by atoms with Crippen LogP contribution in [0.4, 0.5) is 0 Å². The molecular weight excluding hydrogens is 178 g/mol. The van der Waals surface area contributed by atoms with Crippen molar-refractivity contribution >= 4 is 5.97 Å². The number of esters is 1. The van der Waals surface area contributed by atoms with E-state index < -0.39 is 5.54 Å². The fraction of sp³-hybridized carbons (Fsp3) is 0.909. The highest BCUT2D eigenvalue weighted by Gasteiger charge is 2.23. The molecule has 0 unspecified atom stereocenters. The zero-order valence-corrected chi connectivity index (χ0v) is 9.80. The normalized spacial score (nSPS) is 11.9. The first kappa shape index (κ1) is 13.4. The maximum atomic E-state index is 11.3. The smallest absolute Gasteiger partial charge is 0.325 e. The lowest BCUT2D eigenvalue weighted by molar-refractivity contribution is -0.149. The predicted molar refractivity (Wildman–Crippen MR) is 57.9 cm³/mol. The fourth-order valence-electron chi connectivity index (χ4n) is 1.20. The van der Waals surface area contributed by atoms with Gasteiger partial charge in [-0.1, -0.05) is 26.7 Å². The van der Waals surface area contributed by atoms with Crippen molar-refractivity contribution in [3.05, 3.63) is 0 Å². The van der Waals surface area contributed by atoms with Crippen molar-refractivity contribution < 1.29 is 9.53 Å². The molecular formula is C11H23NO2. The number of rotatable bonds is 6. The summed E-state index contributed by atoms with van der Waals surface area (Å²) in [7, 11) is 0. The van der Waals surface area contributed by atoms with Crippen molar-refractivity contribution in [1.82, 2.24) is 0 Å². The molecule has 0 saturated heterocycles. The first-order valence-electron chi connectivity index (χ1n) is 5.37. The van der Waals surface area contributed by atoms with Crippen LogP contribution in [-0.2, 0) is 9.53 Å². The van der Waals surface area contributed by atoms with Crippen molar-refractivity contribution in [2.24, 2.45) is 11.7 Å². The summed E-state index contributed by atoms with van der Waals surface area (Å²) < 4.78 is 5.08. The molecule has 0 aliphatic rings. The third kappa shape index (κ3) is 5.22. The van der Waals surface area contributed by atoms with Crippen LogP contribution >= 0.6 is 0 Å². The van der Waals surface area contributed by atoms with Crippen LogP contribution in [0.15, 0.2) is 0 Å². The Labute approximate surface area is 87.0 Å². The van der Waals surface area contributed by atoms with Crippen molar-refractivity contribution in [2.45, 2.75) is 52.5 Å². The van der Waals surface area contributed by atoms with Gasteiger partial charge in [0.1, 0.15) is 5.54 Å². The average Bonchev–Trinajstić information content (AvgIpc) is 2.10. The molecule has 0 heterocycles. The number of nitrogens with two attached hydrogens (primary N) is 1. The summed E-state index contributed by atoms with van der Waals surface area (Å²) in [5, 5.41) is 0. The van der Waals surface area contributed by atoms with Crippen LogP contribution in [-0.4, -0.2) is 18.1 Å². The molecule has 0 amide bonds. The van der Waals surface area contributed by atoms with E-state index in [1.807, 2.05) is 0 Å². The topological polar surface area (TPSA) is 52.3 Å². The third-order valence-corrected chi connectivity index (χ3v) is 2.44. The molecule has 0 aromatic heterocycles. The molecule has 84 valence electrons. The molecule has 3 heteroatoms. The van der Waals surface area contributed by atoms with E-state index in [2.05, 4.69) is 13.8 Å². The average molecular weight is 201 g/mol. The molecule has 0 spiro atoms. The number of carbonyl (C=O) groups is 1. The summed E-state index contributed by atoms with van der Waals surface area (Å²) >= 11 is 0. The molecule has 0 aliphatic carbocycles. The molecule has 0 aromatic rings. The van der Waals surface area contributed by atoms with Crippen LogP contribution in [0.25, 0.3) is 0 Å². The summed E-state index contributed by atoms with van der Waals surface area (Å²) in [4.78, 5) is 11.3. The second-order valence-corrected chi connectivity index (χ2v) is 4.33. The standard InChI is InChI=1S/C11H23NO2/c1-5-9(6-2)7-8-14-10(13)11(3,4)12/h9H,5-8,12H2,1-4H3. The zero-order valence-electron chi connectivity index (χ0n) is 9.80. The van der Waals surface area contributed by atoms with Gasteiger partial charge in [-0.2, -0.15) is 0 Å². The fourth-order valence-corrected chi connectivity index (χ4v) is 1.20. The van der Waals surface area contributed by atoms with E-state index in [1.54, 1.807) is 13.8 Å². The van der Waals surface area contributed by atoms with Crippen molar-refractivity contribution in [2.75, 3.05) is 6.61 Å². The lowest BCUT2D eigenvalue weighted by Crippen LogP contribution is -2.43. The summed E-state index contributed by atoms with van der Waals surface area (Å²) in [6.07, 6.45) is 3.22. The Morgan fingerprint density at radius 2 is 1.86 bits per heavy atom. The van der Waals surface area contributed by atoms with Gasteiger partial charge in [0, 0.05) is 0 Å². The van der Waals surface area contributed by atoms with Crippen LogP contribution in [0.2, 0.25) is 0 Å². The molecule has 0 aliphatic heterocycles. The summed E-state index contributed by atoms with van der Waals surface area (Å²) in [5.41, 5.74) is 4.72. The highest BCUT2D eigenvalue weighted by Crippen LogP contribution is 2.12. The van der Waals surface area contributed by atoms with Gasteiger partial charge in [-0.15, -0.1) is 0 Å².